The van der Waals surface area contributed by atoms with Gasteiger partial charge in [0.15, 0.2) is 0 Å². The Labute approximate surface area is 94.1 Å². The molecule has 6 heteroatoms. The van der Waals surface area contributed by atoms with Crippen LogP contribution in [0.5, 0.6) is 0 Å². The first kappa shape index (κ1) is 11.4. The quantitative estimate of drug-likeness (QED) is 0.831. The predicted octanol–water partition coefficient (Wildman–Crippen LogP) is 2.35. The summed E-state index contributed by atoms with van der Waals surface area (Å²) in [4.78, 5) is 14.7. The molecule has 0 atom stereocenters. The Morgan fingerprint density at radius 1 is 1.24 bits per heavy atom. The average molecular weight is 240 g/mol. The number of rotatable bonds is 1. The van der Waals surface area contributed by atoms with Crippen molar-refractivity contribution in [1.29, 1.82) is 0 Å². The molecule has 2 rings (SSSR count). The highest BCUT2D eigenvalue weighted by atomic mass is 19.4. The minimum absolute atomic E-state index is 0.0509. The van der Waals surface area contributed by atoms with Crippen molar-refractivity contribution in [3.8, 4) is 0 Å². The predicted molar refractivity (Wildman–Crippen MR) is 55.3 cm³/mol. The number of amides is 1. The number of hydrogen-bond acceptors (Lipinski definition) is 2. The fourth-order valence-corrected chi connectivity index (χ4v) is 1.54. The maximum atomic E-state index is 12.8. The van der Waals surface area contributed by atoms with Crippen molar-refractivity contribution in [2.45, 2.75) is 6.18 Å². The summed E-state index contributed by atoms with van der Waals surface area (Å²) in [6, 6.07) is 6.39. The van der Waals surface area contributed by atoms with Crippen molar-refractivity contribution in [2.75, 3.05) is 0 Å². The van der Waals surface area contributed by atoms with E-state index in [0.29, 0.717) is 6.07 Å². The summed E-state index contributed by atoms with van der Waals surface area (Å²) in [5.41, 5.74) is 3.74. The number of hydrogen-bond donors (Lipinski definition) is 1. The molecule has 1 aromatic heterocycles. The van der Waals surface area contributed by atoms with Gasteiger partial charge >= 0.3 is 6.18 Å². The van der Waals surface area contributed by atoms with Crippen LogP contribution in [0, 0.1) is 0 Å². The zero-order valence-electron chi connectivity index (χ0n) is 8.45. The smallest absolute Gasteiger partial charge is 0.364 e. The van der Waals surface area contributed by atoms with E-state index < -0.39 is 23.3 Å². The summed E-state index contributed by atoms with van der Waals surface area (Å²) in [6.07, 6.45) is -4.55. The lowest BCUT2D eigenvalue weighted by molar-refractivity contribution is -0.136. The van der Waals surface area contributed by atoms with Gasteiger partial charge in [0.25, 0.3) is 5.91 Å². The van der Waals surface area contributed by atoms with Crippen LogP contribution in [0.15, 0.2) is 30.3 Å². The van der Waals surface area contributed by atoms with Gasteiger partial charge in [-0.2, -0.15) is 13.2 Å². The van der Waals surface area contributed by atoms with Gasteiger partial charge in [-0.1, -0.05) is 18.2 Å². The molecule has 2 N–H and O–H groups in total. The Bertz CT molecular complexity index is 593. The molecule has 3 nitrogen and oxygen atoms in total. The monoisotopic (exact) mass is 240 g/mol. The van der Waals surface area contributed by atoms with Crippen LogP contribution in [-0.4, -0.2) is 10.9 Å². The maximum absolute atomic E-state index is 12.8. The third-order valence-electron chi connectivity index (χ3n) is 2.27. The molecule has 1 heterocycles. The molecule has 0 bridgehead atoms. The Balaban J connectivity index is 2.83. The van der Waals surface area contributed by atoms with Gasteiger partial charge in [0, 0.05) is 5.39 Å². The number of benzene rings is 1. The molecular formula is C11H7F3N2O. The van der Waals surface area contributed by atoms with E-state index >= 15 is 0 Å². The number of nitrogens with zero attached hydrogens (tertiary/aromatic N) is 1. The zero-order chi connectivity index (χ0) is 12.6. The maximum Gasteiger partial charge on any atom is 0.417 e. The molecule has 88 valence electrons. The summed E-state index contributed by atoms with van der Waals surface area (Å²) in [7, 11) is 0. The molecule has 0 saturated carbocycles. The number of aromatic nitrogens is 1. The van der Waals surface area contributed by atoms with Crippen LogP contribution in [0.1, 0.15) is 16.1 Å². The molecule has 0 unspecified atom stereocenters. The number of alkyl halides is 3. The van der Waals surface area contributed by atoms with E-state index in [1.807, 2.05) is 0 Å². The molecule has 0 radical (unpaired) electrons. The van der Waals surface area contributed by atoms with Gasteiger partial charge in [-0.15, -0.1) is 0 Å². The van der Waals surface area contributed by atoms with E-state index in [0.717, 1.165) is 0 Å². The lowest BCUT2D eigenvalue weighted by atomic mass is 10.1. The molecule has 0 aliphatic heterocycles. The molecule has 1 amide bonds. The van der Waals surface area contributed by atoms with E-state index in [1.54, 1.807) is 6.07 Å². The fourth-order valence-electron chi connectivity index (χ4n) is 1.54. The van der Waals surface area contributed by atoms with Crippen LogP contribution in [0.2, 0.25) is 0 Å². The highest BCUT2D eigenvalue weighted by molar-refractivity contribution is 5.95. The van der Waals surface area contributed by atoms with Crippen molar-refractivity contribution in [2.24, 2.45) is 5.73 Å². The van der Waals surface area contributed by atoms with Gasteiger partial charge in [0.2, 0.25) is 0 Å². The summed E-state index contributed by atoms with van der Waals surface area (Å²) in [5.74, 6) is -0.985. The first-order valence-electron chi connectivity index (χ1n) is 4.66. The number of carbonyl (C=O) groups excluding carboxylic acids is 1. The highest BCUT2D eigenvalue weighted by Gasteiger charge is 2.33. The molecule has 0 fully saturated rings. The molecule has 2 aromatic rings. The Morgan fingerprint density at radius 2 is 1.88 bits per heavy atom. The number of fused-ring (bicyclic) bond motifs is 1. The summed E-state index contributed by atoms with van der Waals surface area (Å²) >= 11 is 0. The minimum atomic E-state index is -4.55. The van der Waals surface area contributed by atoms with E-state index in [9.17, 15) is 18.0 Å². The molecule has 0 aliphatic carbocycles. The second kappa shape index (κ2) is 3.73. The van der Waals surface area contributed by atoms with Crippen molar-refractivity contribution in [3.05, 3.63) is 41.6 Å². The van der Waals surface area contributed by atoms with Gasteiger partial charge in [0.05, 0.1) is 11.1 Å². The van der Waals surface area contributed by atoms with Crippen LogP contribution in [0.25, 0.3) is 10.9 Å². The first-order chi connectivity index (χ1) is 7.89. The van der Waals surface area contributed by atoms with E-state index in [-0.39, 0.29) is 10.9 Å². The van der Waals surface area contributed by atoms with Gasteiger partial charge in [-0.3, -0.25) is 4.79 Å². The van der Waals surface area contributed by atoms with Crippen LogP contribution in [0.4, 0.5) is 13.2 Å². The summed E-state index contributed by atoms with van der Waals surface area (Å²) in [6.45, 7) is 0. The number of primary amides is 1. The molecular weight excluding hydrogens is 233 g/mol. The number of halogens is 3. The van der Waals surface area contributed by atoms with Gasteiger partial charge in [0.1, 0.15) is 5.69 Å². The van der Waals surface area contributed by atoms with Gasteiger partial charge in [-0.05, 0) is 12.1 Å². The van der Waals surface area contributed by atoms with Gasteiger partial charge < -0.3 is 5.73 Å². The minimum Gasteiger partial charge on any atom is -0.364 e. The van der Waals surface area contributed by atoms with Crippen molar-refractivity contribution in [1.82, 2.24) is 4.98 Å². The fraction of sp³-hybridized carbons (Fsp3) is 0.0909. The largest absolute Gasteiger partial charge is 0.417 e. The molecule has 1 aromatic carbocycles. The average Bonchev–Trinajstić information content (AvgIpc) is 2.26. The van der Waals surface area contributed by atoms with Crippen LogP contribution >= 0.6 is 0 Å². The summed E-state index contributed by atoms with van der Waals surface area (Å²) in [5, 5.41) is -0.0509. The van der Waals surface area contributed by atoms with E-state index in [4.69, 9.17) is 5.73 Å². The van der Waals surface area contributed by atoms with E-state index in [1.165, 1.54) is 18.2 Å². The third-order valence-corrected chi connectivity index (χ3v) is 2.27. The van der Waals surface area contributed by atoms with Crippen LogP contribution in [0.3, 0.4) is 0 Å². The highest BCUT2D eigenvalue weighted by Crippen LogP contribution is 2.34. The number of para-hydroxylation sites is 1. The van der Waals surface area contributed by atoms with Crippen molar-refractivity contribution < 1.29 is 18.0 Å². The molecule has 0 spiro atoms. The number of nitrogens with two attached hydrogens (primary N) is 1. The molecule has 0 aliphatic rings. The Hall–Kier alpha value is -2.11. The first-order valence-corrected chi connectivity index (χ1v) is 4.66. The number of carbonyl (C=O) groups is 1. The number of pyridine rings is 1. The standard InChI is InChI=1S/C11H7F3N2O/c12-11(13,14)7-5-9(10(15)17)16-8-4-2-1-3-6(7)8/h1-5H,(H2,15,17). The lowest BCUT2D eigenvalue weighted by Gasteiger charge is -2.11. The second-order valence-corrected chi connectivity index (χ2v) is 3.43. The second-order valence-electron chi connectivity index (χ2n) is 3.43. The van der Waals surface area contributed by atoms with Crippen LogP contribution in [-0.2, 0) is 6.18 Å². The topological polar surface area (TPSA) is 56.0 Å². The van der Waals surface area contributed by atoms with E-state index in [2.05, 4.69) is 4.98 Å². The molecule has 17 heavy (non-hydrogen) atoms. The zero-order valence-corrected chi connectivity index (χ0v) is 8.45. The Morgan fingerprint density at radius 3 is 2.47 bits per heavy atom. The molecule has 0 saturated heterocycles. The normalized spacial score (nSPS) is 11.7. The Kier molecular flexibility index (Phi) is 2.49. The SMILES string of the molecule is NC(=O)c1cc(C(F)(F)F)c2ccccc2n1. The van der Waals surface area contributed by atoms with Crippen molar-refractivity contribution in [3.63, 3.8) is 0 Å². The summed E-state index contributed by atoms with van der Waals surface area (Å²) < 4.78 is 38.3. The van der Waals surface area contributed by atoms with Gasteiger partial charge in [-0.25, -0.2) is 4.98 Å². The lowest BCUT2D eigenvalue weighted by Crippen LogP contribution is -2.16. The van der Waals surface area contributed by atoms with Crippen molar-refractivity contribution >= 4 is 16.8 Å². The van der Waals surface area contributed by atoms with Crippen LogP contribution < -0.4 is 5.73 Å². The third kappa shape index (κ3) is 2.06.